The van der Waals surface area contributed by atoms with Crippen molar-refractivity contribution in [2.24, 2.45) is 0 Å². The molecule has 0 atom stereocenters. The summed E-state index contributed by atoms with van der Waals surface area (Å²) in [6.07, 6.45) is 1.95. The molecule has 0 unspecified atom stereocenters. The van der Waals surface area contributed by atoms with Crippen LogP contribution >= 0.6 is 11.6 Å². The highest BCUT2D eigenvalue weighted by atomic mass is 35.5. The van der Waals surface area contributed by atoms with Gasteiger partial charge in [0, 0.05) is 50.0 Å². The zero-order valence-corrected chi connectivity index (χ0v) is 16.8. The van der Waals surface area contributed by atoms with E-state index in [0.717, 1.165) is 62.6 Å². The Kier molecular flexibility index (Phi) is 7.41. The second kappa shape index (κ2) is 9.99. The van der Waals surface area contributed by atoms with Gasteiger partial charge in [0.25, 0.3) is 0 Å². The molecule has 6 nitrogen and oxygen atoms in total. The van der Waals surface area contributed by atoms with Crippen LogP contribution in [-0.2, 0) is 11.3 Å². The van der Waals surface area contributed by atoms with Gasteiger partial charge in [0.15, 0.2) is 5.82 Å². The molecule has 3 rings (SSSR count). The molecule has 2 aromatic rings. The SMILES string of the molecule is CNCCNCc1cccc(-c2nc(Cl)c(C)c(NC3CCOCC3)n2)c1. The predicted molar refractivity (Wildman–Crippen MR) is 110 cm³/mol. The summed E-state index contributed by atoms with van der Waals surface area (Å²) in [5, 5.41) is 10.6. The molecule has 0 spiro atoms. The Morgan fingerprint density at radius 2 is 2.00 bits per heavy atom. The van der Waals surface area contributed by atoms with Crippen molar-refractivity contribution in [1.82, 2.24) is 20.6 Å². The van der Waals surface area contributed by atoms with Crippen LogP contribution in [0, 0.1) is 6.92 Å². The van der Waals surface area contributed by atoms with Crippen LogP contribution in [0.5, 0.6) is 0 Å². The van der Waals surface area contributed by atoms with Crippen molar-refractivity contribution in [2.75, 3.05) is 38.7 Å². The van der Waals surface area contributed by atoms with Gasteiger partial charge in [0.1, 0.15) is 11.0 Å². The number of benzene rings is 1. The molecule has 146 valence electrons. The summed E-state index contributed by atoms with van der Waals surface area (Å²) in [5.41, 5.74) is 3.06. The van der Waals surface area contributed by atoms with Crippen LogP contribution < -0.4 is 16.0 Å². The Hall–Kier alpha value is -1.73. The largest absolute Gasteiger partial charge is 0.381 e. The molecular formula is C20H28ClN5O. The van der Waals surface area contributed by atoms with E-state index >= 15 is 0 Å². The molecule has 0 radical (unpaired) electrons. The number of nitrogens with one attached hydrogen (secondary N) is 3. The lowest BCUT2D eigenvalue weighted by Gasteiger charge is -2.24. The van der Waals surface area contributed by atoms with E-state index < -0.39 is 0 Å². The standard InChI is InChI=1S/C20H28ClN5O/c1-14-18(21)25-20(26-19(14)24-17-6-10-27-11-7-17)16-5-3-4-15(12-16)13-23-9-8-22-2/h3-5,12,17,22-23H,6-11,13H2,1-2H3,(H,24,25,26). The van der Waals surface area contributed by atoms with E-state index in [1.165, 1.54) is 5.56 Å². The van der Waals surface area contributed by atoms with Gasteiger partial charge >= 0.3 is 0 Å². The van der Waals surface area contributed by atoms with Crippen LogP contribution in [0.15, 0.2) is 24.3 Å². The van der Waals surface area contributed by atoms with Crippen molar-refractivity contribution in [3.8, 4) is 11.4 Å². The first kappa shape index (κ1) is 20.0. The van der Waals surface area contributed by atoms with E-state index in [1.54, 1.807) is 0 Å². The maximum absolute atomic E-state index is 6.41. The number of rotatable bonds is 8. The molecule has 1 saturated heterocycles. The maximum Gasteiger partial charge on any atom is 0.163 e. The van der Waals surface area contributed by atoms with Crippen molar-refractivity contribution in [3.05, 3.63) is 40.5 Å². The highest BCUT2D eigenvalue weighted by Gasteiger charge is 2.17. The summed E-state index contributed by atoms with van der Waals surface area (Å²) in [4.78, 5) is 9.28. The molecule has 27 heavy (non-hydrogen) atoms. The molecule has 0 saturated carbocycles. The quantitative estimate of drug-likeness (QED) is 0.476. The molecule has 0 amide bonds. The lowest BCUT2D eigenvalue weighted by molar-refractivity contribution is 0.0904. The van der Waals surface area contributed by atoms with Crippen molar-refractivity contribution in [1.29, 1.82) is 0 Å². The van der Waals surface area contributed by atoms with Crippen LogP contribution in [-0.4, -0.2) is 49.4 Å². The average molecular weight is 390 g/mol. The molecule has 1 aliphatic rings. The fourth-order valence-electron chi connectivity index (χ4n) is 3.06. The minimum atomic E-state index is 0.360. The molecule has 1 aromatic carbocycles. The number of halogens is 1. The molecule has 0 aliphatic carbocycles. The summed E-state index contributed by atoms with van der Waals surface area (Å²) in [6.45, 7) is 6.19. The number of aromatic nitrogens is 2. The predicted octanol–water partition coefficient (Wildman–Crippen LogP) is 3.01. The Balaban J connectivity index is 1.77. The lowest BCUT2D eigenvalue weighted by Crippen LogP contribution is -2.28. The van der Waals surface area contributed by atoms with Crippen LogP contribution in [0.4, 0.5) is 5.82 Å². The smallest absolute Gasteiger partial charge is 0.163 e. The molecule has 1 aromatic heterocycles. The Morgan fingerprint density at radius 3 is 2.78 bits per heavy atom. The zero-order chi connectivity index (χ0) is 19.1. The number of anilines is 1. The Labute approximate surface area is 166 Å². The van der Waals surface area contributed by atoms with E-state index in [0.29, 0.717) is 17.0 Å². The number of nitrogens with zero attached hydrogens (tertiary/aromatic N) is 2. The van der Waals surface area contributed by atoms with Crippen molar-refractivity contribution in [3.63, 3.8) is 0 Å². The molecule has 2 heterocycles. The van der Waals surface area contributed by atoms with Crippen LogP contribution in [0.25, 0.3) is 11.4 Å². The summed E-state index contributed by atoms with van der Waals surface area (Å²) < 4.78 is 5.44. The second-order valence-corrected chi connectivity index (χ2v) is 7.18. The van der Waals surface area contributed by atoms with Crippen LogP contribution in [0.1, 0.15) is 24.0 Å². The highest BCUT2D eigenvalue weighted by molar-refractivity contribution is 6.30. The fourth-order valence-corrected chi connectivity index (χ4v) is 3.23. The van der Waals surface area contributed by atoms with Gasteiger partial charge in [-0.2, -0.15) is 0 Å². The van der Waals surface area contributed by atoms with Gasteiger partial charge in [0.05, 0.1) is 0 Å². The van der Waals surface area contributed by atoms with Gasteiger partial charge in [0.2, 0.25) is 0 Å². The van der Waals surface area contributed by atoms with Gasteiger partial charge in [-0.25, -0.2) is 9.97 Å². The summed E-state index contributed by atoms with van der Waals surface area (Å²) in [5.74, 6) is 1.46. The van der Waals surface area contributed by atoms with E-state index in [-0.39, 0.29) is 0 Å². The number of hydrogen-bond donors (Lipinski definition) is 3. The third-order valence-corrected chi connectivity index (χ3v) is 5.08. The van der Waals surface area contributed by atoms with E-state index in [9.17, 15) is 0 Å². The summed E-state index contributed by atoms with van der Waals surface area (Å²) >= 11 is 6.41. The van der Waals surface area contributed by atoms with Gasteiger partial charge in [-0.05, 0) is 38.4 Å². The number of ether oxygens (including phenoxy) is 1. The first-order chi connectivity index (χ1) is 13.2. The van der Waals surface area contributed by atoms with Gasteiger partial charge in [-0.1, -0.05) is 29.8 Å². The zero-order valence-electron chi connectivity index (χ0n) is 16.0. The molecular weight excluding hydrogens is 362 g/mol. The minimum Gasteiger partial charge on any atom is -0.381 e. The third kappa shape index (κ3) is 5.62. The molecule has 3 N–H and O–H groups in total. The first-order valence-electron chi connectivity index (χ1n) is 9.50. The molecule has 0 bridgehead atoms. The van der Waals surface area contributed by atoms with Gasteiger partial charge < -0.3 is 20.7 Å². The summed E-state index contributed by atoms with van der Waals surface area (Å²) in [7, 11) is 1.95. The van der Waals surface area contributed by atoms with E-state index in [2.05, 4.69) is 33.1 Å². The first-order valence-corrected chi connectivity index (χ1v) is 9.88. The number of hydrogen-bond acceptors (Lipinski definition) is 6. The monoisotopic (exact) mass is 389 g/mol. The second-order valence-electron chi connectivity index (χ2n) is 6.82. The fraction of sp³-hybridized carbons (Fsp3) is 0.500. The highest BCUT2D eigenvalue weighted by Crippen LogP contribution is 2.27. The van der Waals surface area contributed by atoms with Crippen molar-refractivity contribution < 1.29 is 4.74 Å². The van der Waals surface area contributed by atoms with Crippen LogP contribution in [0.3, 0.4) is 0 Å². The average Bonchev–Trinajstić information content (AvgIpc) is 2.70. The van der Waals surface area contributed by atoms with Gasteiger partial charge in [-0.15, -0.1) is 0 Å². The van der Waals surface area contributed by atoms with E-state index in [1.807, 2.05) is 26.1 Å². The topological polar surface area (TPSA) is 71.1 Å². The Bertz CT molecular complexity index is 749. The molecule has 7 heteroatoms. The maximum atomic E-state index is 6.41. The molecule has 1 fully saturated rings. The Morgan fingerprint density at radius 1 is 1.19 bits per heavy atom. The summed E-state index contributed by atoms with van der Waals surface area (Å²) in [6, 6.07) is 8.64. The van der Waals surface area contributed by atoms with Crippen molar-refractivity contribution >= 4 is 17.4 Å². The van der Waals surface area contributed by atoms with Gasteiger partial charge in [-0.3, -0.25) is 0 Å². The number of likely N-dealkylation sites (N-methyl/N-ethyl adjacent to an activating group) is 1. The lowest BCUT2D eigenvalue weighted by atomic mass is 10.1. The normalized spacial score (nSPS) is 15.1. The third-order valence-electron chi connectivity index (χ3n) is 4.71. The van der Waals surface area contributed by atoms with Crippen molar-refractivity contribution in [2.45, 2.75) is 32.4 Å². The van der Waals surface area contributed by atoms with Crippen LogP contribution in [0.2, 0.25) is 5.15 Å². The van der Waals surface area contributed by atoms with E-state index in [4.69, 9.17) is 21.3 Å². The minimum absolute atomic E-state index is 0.360. The molecule has 1 aliphatic heterocycles.